The lowest BCUT2D eigenvalue weighted by molar-refractivity contribution is -0.120. The predicted octanol–water partition coefficient (Wildman–Crippen LogP) is 0.961. The van der Waals surface area contributed by atoms with E-state index in [-0.39, 0.29) is 36.4 Å². The van der Waals surface area contributed by atoms with Gasteiger partial charge < -0.3 is 9.64 Å². The van der Waals surface area contributed by atoms with Gasteiger partial charge in [-0.3, -0.25) is 10.1 Å². The van der Waals surface area contributed by atoms with E-state index in [1.54, 1.807) is 4.90 Å². The minimum Gasteiger partial charge on any atom is -0.372 e. The second-order valence-electron chi connectivity index (χ2n) is 3.95. The van der Waals surface area contributed by atoms with Gasteiger partial charge in [0, 0.05) is 25.4 Å². The van der Waals surface area contributed by atoms with Gasteiger partial charge in [0.1, 0.15) is 0 Å². The summed E-state index contributed by atoms with van der Waals surface area (Å²) in [5.41, 5.74) is 0. The first-order valence-electron chi connectivity index (χ1n) is 5.33. The Kier molecular flexibility index (Phi) is 5.02. The molecule has 5 nitrogen and oxygen atoms in total. The minimum absolute atomic E-state index is 0.00220. The number of halogens is 1. The standard InChI is InChI=1S/C10H17ClN2O3/c1-7-5-13(6-8(2)16-7)10(15)12-9(14)3-4-11/h7-8H,3-6H2,1-2H3,(H,12,14,15). The van der Waals surface area contributed by atoms with E-state index in [1.165, 1.54) is 0 Å². The number of carbonyl (C=O) groups is 2. The Morgan fingerprint density at radius 2 is 1.94 bits per heavy atom. The van der Waals surface area contributed by atoms with Crippen molar-refractivity contribution in [1.82, 2.24) is 10.2 Å². The molecule has 3 amide bonds. The Morgan fingerprint density at radius 1 is 1.38 bits per heavy atom. The third-order valence-corrected chi connectivity index (χ3v) is 2.46. The molecule has 2 unspecified atom stereocenters. The van der Waals surface area contributed by atoms with Crippen molar-refractivity contribution in [3.8, 4) is 0 Å². The van der Waals surface area contributed by atoms with Gasteiger partial charge in [-0.05, 0) is 13.8 Å². The average molecular weight is 249 g/mol. The fraction of sp³-hybridized carbons (Fsp3) is 0.800. The second-order valence-corrected chi connectivity index (χ2v) is 4.33. The van der Waals surface area contributed by atoms with Gasteiger partial charge >= 0.3 is 6.03 Å². The van der Waals surface area contributed by atoms with E-state index in [0.29, 0.717) is 13.1 Å². The zero-order valence-electron chi connectivity index (χ0n) is 9.53. The van der Waals surface area contributed by atoms with Crippen LogP contribution in [0.2, 0.25) is 0 Å². The summed E-state index contributed by atoms with van der Waals surface area (Å²) in [5, 5.41) is 2.30. The van der Waals surface area contributed by atoms with Gasteiger partial charge in [0.25, 0.3) is 0 Å². The maximum atomic E-state index is 11.7. The lowest BCUT2D eigenvalue weighted by Crippen LogP contribution is -2.52. The molecule has 1 aliphatic rings. The van der Waals surface area contributed by atoms with Gasteiger partial charge in [-0.2, -0.15) is 0 Å². The first-order chi connectivity index (χ1) is 7.52. The molecule has 0 spiro atoms. The maximum Gasteiger partial charge on any atom is 0.324 e. The molecule has 0 aromatic carbocycles. The van der Waals surface area contributed by atoms with Crippen LogP contribution in [-0.4, -0.2) is 48.0 Å². The Bertz CT molecular complexity index is 263. The summed E-state index contributed by atoms with van der Waals surface area (Å²) in [6.45, 7) is 4.81. The van der Waals surface area contributed by atoms with E-state index in [0.717, 1.165) is 0 Å². The molecule has 1 rings (SSSR count). The molecular formula is C10H17ClN2O3. The summed E-state index contributed by atoms with van der Waals surface area (Å²) < 4.78 is 5.49. The zero-order chi connectivity index (χ0) is 12.1. The zero-order valence-corrected chi connectivity index (χ0v) is 10.3. The molecule has 6 heteroatoms. The molecule has 1 heterocycles. The SMILES string of the molecule is CC1CN(C(=O)NC(=O)CCCl)CC(C)O1. The fourth-order valence-corrected chi connectivity index (χ4v) is 1.86. The molecule has 2 atom stereocenters. The van der Waals surface area contributed by atoms with E-state index < -0.39 is 0 Å². The summed E-state index contributed by atoms with van der Waals surface area (Å²) in [6.07, 6.45) is 0.151. The number of nitrogens with zero attached hydrogens (tertiary/aromatic N) is 1. The highest BCUT2D eigenvalue weighted by atomic mass is 35.5. The fourth-order valence-electron chi connectivity index (χ4n) is 1.69. The van der Waals surface area contributed by atoms with Crippen LogP contribution < -0.4 is 5.32 Å². The number of carbonyl (C=O) groups excluding carboxylic acids is 2. The van der Waals surface area contributed by atoms with Crippen molar-refractivity contribution in [2.24, 2.45) is 0 Å². The van der Waals surface area contributed by atoms with Crippen LogP contribution in [0.15, 0.2) is 0 Å². The number of ether oxygens (including phenoxy) is 1. The molecule has 0 aliphatic carbocycles. The van der Waals surface area contributed by atoms with Crippen LogP contribution in [0.5, 0.6) is 0 Å². The number of nitrogens with one attached hydrogen (secondary N) is 1. The highest BCUT2D eigenvalue weighted by Crippen LogP contribution is 2.10. The van der Waals surface area contributed by atoms with Crippen LogP contribution in [0.4, 0.5) is 4.79 Å². The van der Waals surface area contributed by atoms with Crippen molar-refractivity contribution in [2.45, 2.75) is 32.5 Å². The minimum atomic E-state index is -0.364. The third kappa shape index (κ3) is 3.98. The molecule has 1 aliphatic heterocycles. The largest absolute Gasteiger partial charge is 0.372 e. The molecule has 1 saturated heterocycles. The Labute approximate surface area is 100 Å². The van der Waals surface area contributed by atoms with Gasteiger partial charge in [-0.1, -0.05) is 0 Å². The van der Waals surface area contributed by atoms with E-state index in [1.807, 2.05) is 13.8 Å². The first-order valence-corrected chi connectivity index (χ1v) is 5.86. The van der Waals surface area contributed by atoms with Crippen LogP contribution in [0.1, 0.15) is 20.3 Å². The predicted molar refractivity (Wildman–Crippen MR) is 60.5 cm³/mol. The average Bonchev–Trinajstić information content (AvgIpc) is 2.16. The maximum absolute atomic E-state index is 11.7. The van der Waals surface area contributed by atoms with Gasteiger partial charge in [0.15, 0.2) is 0 Å². The van der Waals surface area contributed by atoms with Crippen molar-refractivity contribution in [3.63, 3.8) is 0 Å². The van der Waals surface area contributed by atoms with Crippen LogP contribution in [0.25, 0.3) is 0 Å². The third-order valence-electron chi connectivity index (χ3n) is 2.27. The number of imide groups is 1. The molecule has 92 valence electrons. The number of urea groups is 1. The van der Waals surface area contributed by atoms with Gasteiger partial charge in [-0.25, -0.2) is 4.79 Å². The highest BCUT2D eigenvalue weighted by Gasteiger charge is 2.26. The van der Waals surface area contributed by atoms with Crippen molar-refractivity contribution >= 4 is 23.5 Å². The van der Waals surface area contributed by atoms with E-state index in [2.05, 4.69) is 5.32 Å². The summed E-state index contributed by atoms with van der Waals surface area (Å²) in [6, 6.07) is -0.364. The van der Waals surface area contributed by atoms with Gasteiger partial charge in [0.05, 0.1) is 12.2 Å². The lowest BCUT2D eigenvalue weighted by atomic mass is 10.2. The summed E-state index contributed by atoms with van der Waals surface area (Å²) >= 11 is 5.41. The molecule has 0 aromatic rings. The first kappa shape index (κ1) is 13.3. The monoisotopic (exact) mass is 248 g/mol. The molecule has 1 N–H and O–H groups in total. The number of hydrogen-bond acceptors (Lipinski definition) is 3. The number of hydrogen-bond donors (Lipinski definition) is 1. The number of alkyl halides is 1. The summed E-state index contributed by atoms with van der Waals surface area (Å²) in [7, 11) is 0. The molecule has 1 fully saturated rings. The Morgan fingerprint density at radius 3 is 2.44 bits per heavy atom. The molecule has 0 aromatic heterocycles. The van der Waals surface area contributed by atoms with Crippen LogP contribution in [-0.2, 0) is 9.53 Å². The molecule has 0 bridgehead atoms. The number of rotatable bonds is 2. The lowest BCUT2D eigenvalue weighted by Gasteiger charge is -2.35. The van der Waals surface area contributed by atoms with E-state index in [9.17, 15) is 9.59 Å². The van der Waals surface area contributed by atoms with E-state index >= 15 is 0 Å². The summed E-state index contributed by atoms with van der Waals surface area (Å²) in [4.78, 5) is 24.4. The molecule has 0 saturated carbocycles. The van der Waals surface area contributed by atoms with Crippen LogP contribution in [0.3, 0.4) is 0 Å². The van der Waals surface area contributed by atoms with Gasteiger partial charge in [0.2, 0.25) is 5.91 Å². The van der Waals surface area contributed by atoms with Crippen LogP contribution in [0, 0.1) is 0 Å². The Balaban J connectivity index is 2.44. The van der Waals surface area contributed by atoms with Crippen molar-refractivity contribution in [2.75, 3.05) is 19.0 Å². The van der Waals surface area contributed by atoms with Crippen LogP contribution >= 0.6 is 11.6 Å². The Hall–Kier alpha value is -0.810. The summed E-state index contributed by atoms with van der Waals surface area (Å²) in [5.74, 6) is -0.124. The number of morpholine rings is 1. The van der Waals surface area contributed by atoms with Crippen molar-refractivity contribution < 1.29 is 14.3 Å². The van der Waals surface area contributed by atoms with E-state index in [4.69, 9.17) is 16.3 Å². The molecule has 0 radical (unpaired) electrons. The van der Waals surface area contributed by atoms with Crippen molar-refractivity contribution in [1.29, 1.82) is 0 Å². The quantitative estimate of drug-likeness (QED) is 0.741. The highest BCUT2D eigenvalue weighted by molar-refractivity contribution is 6.19. The topological polar surface area (TPSA) is 58.6 Å². The normalized spacial score (nSPS) is 25.3. The molecular weight excluding hydrogens is 232 g/mol. The second kappa shape index (κ2) is 6.06. The smallest absolute Gasteiger partial charge is 0.324 e. The number of amides is 3. The van der Waals surface area contributed by atoms with Crippen molar-refractivity contribution in [3.05, 3.63) is 0 Å². The van der Waals surface area contributed by atoms with Gasteiger partial charge in [-0.15, -0.1) is 11.6 Å². The molecule has 16 heavy (non-hydrogen) atoms.